The summed E-state index contributed by atoms with van der Waals surface area (Å²) < 4.78 is 11.1. The minimum Gasteiger partial charge on any atom is -0.497 e. The van der Waals surface area contributed by atoms with Gasteiger partial charge in [-0.25, -0.2) is 0 Å². The van der Waals surface area contributed by atoms with Crippen LogP contribution in [0.3, 0.4) is 0 Å². The Balaban J connectivity index is 1.30. The molecular formula is C22H22N4O3. The summed E-state index contributed by atoms with van der Waals surface area (Å²) in [4.78, 5) is 17.3. The Hall–Kier alpha value is -3.48. The molecule has 2 aliphatic heterocycles. The fourth-order valence-corrected chi connectivity index (χ4v) is 3.96. The quantitative estimate of drug-likeness (QED) is 0.745. The maximum absolute atomic E-state index is 13.1. The Morgan fingerprint density at radius 1 is 1.07 bits per heavy atom. The average Bonchev–Trinajstić information content (AvgIpc) is 3.23. The number of methoxy groups -OCH3 is 1. The van der Waals surface area contributed by atoms with Gasteiger partial charge >= 0.3 is 0 Å². The monoisotopic (exact) mass is 390 g/mol. The number of carbonyl (C=O) groups is 1. The molecule has 1 fully saturated rings. The van der Waals surface area contributed by atoms with Crippen LogP contribution in [-0.4, -0.2) is 54.3 Å². The summed E-state index contributed by atoms with van der Waals surface area (Å²) in [7, 11) is 1.66. The second-order valence-electron chi connectivity index (χ2n) is 7.19. The second-order valence-corrected chi connectivity index (χ2v) is 7.19. The van der Waals surface area contributed by atoms with Crippen LogP contribution in [-0.2, 0) is 6.61 Å². The molecule has 2 aromatic carbocycles. The van der Waals surface area contributed by atoms with Crippen LogP contribution in [0.4, 0.5) is 5.69 Å². The standard InChI is InChI=1S/C22H22N4O3/c1-28-16-8-6-15(7-9-16)25-10-12-26(13-11-25)22(27)21-18-14-29-19-5-3-2-4-17(19)20(18)23-24-21/h2-9H,10-14H2,1H3,(H,23,24). The fourth-order valence-electron chi connectivity index (χ4n) is 3.96. The second kappa shape index (κ2) is 7.16. The van der Waals surface area contributed by atoms with Gasteiger partial charge in [0.15, 0.2) is 0 Å². The highest BCUT2D eigenvalue weighted by atomic mass is 16.5. The molecule has 29 heavy (non-hydrogen) atoms. The highest BCUT2D eigenvalue weighted by Gasteiger charge is 2.30. The summed E-state index contributed by atoms with van der Waals surface area (Å²) >= 11 is 0. The number of amides is 1. The van der Waals surface area contributed by atoms with E-state index in [9.17, 15) is 4.79 Å². The molecule has 0 unspecified atom stereocenters. The Kier molecular flexibility index (Phi) is 4.35. The van der Waals surface area contributed by atoms with E-state index in [1.807, 2.05) is 41.3 Å². The molecule has 1 aromatic heterocycles. The number of hydrogen-bond acceptors (Lipinski definition) is 5. The summed E-state index contributed by atoms with van der Waals surface area (Å²) in [5.41, 5.74) is 4.25. The van der Waals surface area contributed by atoms with Gasteiger partial charge in [0.05, 0.1) is 7.11 Å². The van der Waals surface area contributed by atoms with Crippen molar-refractivity contribution in [2.45, 2.75) is 6.61 Å². The maximum atomic E-state index is 13.1. The van der Waals surface area contributed by atoms with E-state index in [4.69, 9.17) is 9.47 Å². The number of benzene rings is 2. The van der Waals surface area contributed by atoms with E-state index >= 15 is 0 Å². The van der Waals surface area contributed by atoms with Gasteiger partial charge in [-0.05, 0) is 36.4 Å². The molecule has 0 atom stereocenters. The van der Waals surface area contributed by atoms with E-state index in [1.54, 1.807) is 7.11 Å². The third kappa shape index (κ3) is 3.08. The molecular weight excluding hydrogens is 368 g/mol. The Morgan fingerprint density at radius 2 is 1.83 bits per heavy atom. The zero-order valence-corrected chi connectivity index (χ0v) is 16.2. The first-order valence-corrected chi connectivity index (χ1v) is 9.72. The normalized spacial score (nSPS) is 15.3. The number of para-hydroxylation sites is 1. The number of anilines is 1. The van der Waals surface area contributed by atoms with Gasteiger partial charge in [0, 0.05) is 43.0 Å². The number of carbonyl (C=O) groups excluding carboxylic acids is 1. The molecule has 7 nitrogen and oxygen atoms in total. The van der Waals surface area contributed by atoms with Crippen molar-refractivity contribution in [3.63, 3.8) is 0 Å². The molecule has 0 spiro atoms. The lowest BCUT2D eigenvalue weighted by Gasteiger charge is -2.36. The molecule has 7 heteroatoms. The number of hydrogen-bond donors (Lipinski definition) is 1. The SMILES string of the molecule is COc1ccc(N2CCN(C(=O)c3[nH]nc4c3COc3ccccc3-4)CC2)cc1. The fraction of sp³-hybridized carbons (Fsp3) is 0.273. The van der Waals surface area contributed by atoms with Crippen molar-refractivity contribution in [3.8, 4) is 22.8 Å². The van der Waals surface area contributed by atoms with Crippen LogP contribution in [0.2, 0.25) is 0 Å². The lowest BCUT2D eigenvalue weighted by Crippen LogP contribution is -2.49. The Morgan fingerprint density at radius 3 is 2.59 bits per heavy atom. The summed E-state index contributed by atoms with van der Waals surface area (Å²) in [6.45, 7) is 3.25. The van der Waals surface area contributed by atoms with E-state index in [-0.39, 0.29) is 5.91 Å². The molecule has 0 bridgehead atoms. The van der Waals surface area contributed by atoms with E-state index in [1.165, 1.54) is 0 Å². The molecule has 5 rings (SSSR count). The van der Waals surface area contributed by atoms with Crippen LogP contribution in [0.25, 0.3) is 11.3 Å². The van der Waals surface area contributed by atoms with Crippen LogP contribution >= 0.6 is 0 Å². The highest BCUT2D eigenvalue weighted by molar-refractivity contribution is 5.96. The first-order chi connectivity index (χ1) is 14.2. The molecule has 0 radical (unpaired) electrons. The molecule has 1 N–H and O–H groups in total. The van der Waals surface area contributed by atoms with Crippen LogP contribution in [0.5, 0.6) is 11.5 Å². The zero-order valence-electron chi connectivity index (χ0n) is 16.2. The first-order valence-electron chi connectivity index (χ1n) is 9.72. The number of aromatic amines is 1. The van der Waals surface area contributed by atoms with Gasteiger partial charge in [-0.3, -0.25) is 9.89 Å². The van der Waals surface area contributed by atoms with Crippen molar-refractivity contribution in [2.24, 2.45) is 0 Å². The topological polar surface area (TPSA) is 70.7 Å². The maximum Gasteiger partial charge on any atom is 0.272 e. The van der Waals surface area contributed by atoms with Crippen molar-refractivity contribution >= 4 is 11.6 Å². The Labute approximate surface area is 168 Å². The highest BCUT2D eigenvalue weighted by Crippen LogP contribution is 2.37. The molecule has 3 aromatic rings. The van der Waals surface area contributed by atoms with Gasteiger partial charge in [-0.2, -0.15) is 5.10 Å². The van der Waals surface area contributed by atoms with Gasteiger partial charge in [-0.1, -0.05) is 12.1 Å². The Bertz CT molecular complexity index is 1040. The van der Waals surface area contributed by atoms with Crippen molar-refractivity contribution in [1.82, 2.24) is 15.1 Å². The van der Waals surface area contributed by atoms with Crippen molar-refractivity contribution in [1.29, 1.82) is 0 Å². The molecule has 148 valence electrons. The summed E-state index contributed by atoms with van der Waals surface area (Å²) in [5.74, 6) is 1.63. The first kappa shape index (κ1) is 17.6. The zero-order chi connectivity index (χ0) is 19.8. The van der Waals surface area contributed by atoms with Crippen LogP contribution in [0.1, 0.15) is 16.1 Å². The number of fused-ring (bicyclic) bond motifs is 3. The number of aromatic nitrogens is 2. The van der Waals surface area contributed by atoms with E-state index in [0.29, 0.717) is 25.4 Å². The molecule has 0 aliphatic carbocycles. The van der Waals surface area contributed by atoms with E-state index in [2.05, 4.69) is 27.2 Å². The third-order valence-electron chi connectivity index (χ3n) is 5.60. The van der Waals surface area contributed by atoms with Gasteiger partial charge in [0.2, 0.25) is 0 Å². The number of ether oxygens (including phenoxy) is 2. The van der Waals surface area contributed by atoms with Crippen molar-refractivity contribution < 1.29 is 14.3 Å². The number of H-pyrrole nitrogens is 1. The largest absolute Gasteiger partial charge is 0.497 e. The van der Waals surface area contributed by atoms with Crippen LogP contribution in [0.15, 0.2) is 48.5 Å². The predicted octanol–water partition coefficient (Wildman–Crippen LogP) is 2.94. The van der Waals surface area contributed by atoms with Gasteiger partial charge in [0.25, 0.3) is 5.91 Å². The number of rotatable bonds is 3. The minimum absolute atomic E-state index is 0.0175. The number of piperazine rings is 1. The minimum atomic E-state index is -0.0175. The molecule has 0 saturated carbocycles. The molecule has 2 aliphatic rings. The lowest BCUT2D eigenvalue weighted by atomic mass is 10.0. The van der Waals surface area contributed by atoms with Crippen molar-refractivity contribution in [3.05, 3.63) is 59.8 Å². The smallest absolute Gasteiger partial charge is 0.272 e. The molecule has 3 heterocycles. The van der Waals surface area contributed by atoms with E-state index < -0.39 is 0 Å². The third-order valence-corrected chi connectivity index (χ3v) is 5.60. The molecule has 1 amide bonds. The summed E-state index contributed by atoms with van der Waals surface area (Å²) in [6, 6.07) is 15.8. The average molecular weight is 390 g/mol. The summed E-state index contributed by atoms with van der Waals surface area (Å²) in [5, 5.41) is 7.38. The van der Waals surface area contributed by atoms with Gasteiger partial charge in [0.1, 0.15) is 29.5 Å². The predicted molar refractivity (Wildman–Crippen MR) is 109 cm³/mol. The number of nitrogens with zero attached hydrogens (tertiary/aromatic N) is 3. The molecule has 1 saturated heterocycles. The van der Waals surface area contributed by atoms with E-state index in [0.717, 1.165) is 47.1 Å². The van der Waals surface area contributed by atoms with Gasteiger partial charge < -0.3 is 19.3 Å². The van der Waals surface area contributed by atoms with Crippen molar-refractivity contribution in [2.75, 3.05) is 38.2 Å². The van der Waals surface area contributed by atoms with Crippen LogP contribution < -0.4 is 14.4 Å². The van der Waals surface area contributed by atoms with Gasteiger partial charge in [-0.15, -0.1) is 0 Å². The lowest BCUT2D eigenvalue weighted by molar-refractivity contribution is 0.0738. The number of nitrogens with one attached hydrogen (secondary N) is 1. The summed E-state index contributed by atoms with van der Waals surface area (Å²) in [6.07, 6.45) is 0. The van der Waals surface area contributed by atoms with Crippen LogP contribution in [0, 0.1) is 0 Å².